The van der Waals surface area contributed by atoms with E-state index in [1.165, 1.54) is 0 Å². The number of hydrogen-bond donors (Lipinski definition) is 0. The fourth-order valence-corrected chi connectivity index (χ4v) is 1.64. The van der Waals surface area contributed by atoms with Gasteiger partial charge in [-0.05, 0) is 23.3 Å². The predicted octanol–water partition coefficient (Wildman–Crippen LogP) is 3.17. The third-order valence-corrected chi connectivity index (χ3v) is 2.46. The number of carbonyl (C=O) groups excluding carboxylic acids is 1. The number of hydrogen-bond acceptors (Lipinski definition) is 2. The minimum atomic E-state index is 0.573. The SMILES string of the molecule is COc1ccc(-c2ccccc2)cc1C=O. The second kappa shape index (κ2) is 4.62. The van der Waals surface area contributed by atoms with Gasteiger partial charge in [0.15, 0.2) is 6.29 Å². The lowest BCUT2D eigenvalue weighted by atomic mass is 10.0. The maximum atomic E-state index is 10.9. The summed E-state index contributed by atoms with van der Waals surface area (Å²) >= 11 is 0. The topological polar surface area (TPSA) is 26.3 Å². The molecular weight excluding hydrogens is 200 g/mol. The molecule has 0 spiro atoms. The van der Waals surface area contributed by atoms with Gasteiger partial charge in [0, 0.05) is 0 Å². The van der Waals surface area contributed by atoms with Gasteiger partial charge in [-0.1, -0.05) is 36.4 Å². The number of aldehydes is 1. The van der Waals surface area contributed by atoms with Crippen molar-refractivity contribution in [2.75, 3.05) is 7.11 Å². The third-order valence-electron chi connectivity index (χ3n) is 2.46. The van der Waals surface area contributed by atoms with E-state index in [0.29, 0.717) is 11.3 Å². The predicted molar refractivity (Wildman–Crippen MR) is 63.8 cm³/mol. The maximum absolute atomic E-state index is 10.9. The first-order valence-electron chi connectivity index (χ1n) is 5.04. The van der Waals surface area contributed by atoms with Crippen molar-refractivity contribution >= 4 is 6.29 Å². The van der Waals surface area contributed by atoms with Crippen molar-refractivity contribution in [3.05, 3.63) is 54.1 Å². The van der Waals surface area contributed by atoms with Crippen LogP contribution in [-0.4, -0.2) is 13.4 Å². The fraction of sp³-hybridized carbons (Fsp3) is 0.0714. The molecule has 0 N–H and O–H groups in total. The van der Waals surface area contributed by atoms with Gasteiger partial charge in [-0.2, -0.15) is 0 Å². The first-order valence-corrected chi connectivity index (χ1v) is 5.04. The first-order chi connectivity index (χ1) is 7.85. The highest BCUT2D eigenvalue weighted by atomic mass is 16.5. The molecule has 0 atom stereocenters. The van der Waals surface area contributed by atoms with E-state index in [9.17, 15) is 4.79 Å². The molecule has 0 bridgehead atoms. The van der Waals surface area contributed by atoms with Crippen LogP contribution in [-0.2, 0) is 0 Å². The molecule has 2 nitrogen and oxygen atoms in total. The van der Waals surface area contributed by atoms with Crippen LogP contribution in [0.25, 0.3) is 11.1 Å². The van der Waals surface area contributed by atoms with Crippen LogP contribution < -0.4 is 4.74 Å². The highest BCUT2D eigenvalue weighted by Gasteiger charge is 2.04. The smallest absolute Gasteiger partial charge is 0.153 e. The number of rotatable bonds is 3. The summed E-state index contributed by atoms with van der Waals surface area (Å²) in [4.78, 5) is 10.9. The zero-order valence-corrected chi connectivity index (χ0v) is 9.01. The van der Waals surface area contributed by atoms with Gasteiger partial charge < -0.3 is 4.74 Å². The standard InChI is InChI=1S/C14H12O2/c1-16-14-8-7-12(9-13(14)10-15)11-5-3-2-4-6-11/h2-10H,1H3. The normalized spacial score (nSPS) is 9.81. The lowest BCUT2D eigenvalue weighted by molar-refractivity contribution is 0.112. The van der Waals surface area contributed by atoms with Crippen LogP contribution in [0.4, 0.5) is 0 Å². The van der Waals surface area contributed by atoms with E-state index in [4.69, 9.17) is 4.74 Å². The molecule has 0 aromatic heterocycles. The number of methoxy groups -OCH3 is 1. The Kier molecular flexibility index (Phi) is 3.01. The van der Waals surface area contributed by atoms with Crippen molar-refractivity contribution in [2.24, 2.45) is 0 Å². The summed E-state index contributed by atoms with van der Waals surface area (Å²) in [5.41, 5.74) is 2.68. The molecular formula is C14H12O2. The number of ether oxygens (including phenoxy) is 1. The number of carbonyl (C=O) groups is 1. The van der Waals surface area contributed by atoms with Crippen LogP contribution in [0.15, 0.2) is 48.5 Å². The van der Waals surface area contributed by atoms with Crippen LogP contribution in [0.5, 0.6) is 5.75 Å². The van der Waals surface area contributed by atoms with E-state index >= 15 is 0 Å². The molecule has 16 heavy (non-hydrogen) atoms. The molecule has 2 heteroatoms. The molecule has 0 aliphatic rings. The van der Waals surface area contributed by atoms with Crippen LogP contribution in [0.2, 0.25) is 0 Å². The first kappa shape index (κ1) is 10.4. The van der Waals surface area contributed by atoms with Gasteiger partial charge in [0.25, 0.3) is 0 Å². The summed E-state index contributed by atoms with van der Waals surface area (Å²) in [6.45, 7) is 0. The van der Waals surface area contributed by atoms with Crippen molar-refractivity contribution in [2.45, 2.75) is 0 Å². The zero-order chi connectivity index (χ0) is 11.4. The second-order valence-corrected chi connectivity index (χ2v) is 3.44. The Morgan fingerprint density at radius 1 is 1.00 bits per heavy atom. The Morgan fingerprint density at radius 3 is 2.38 bits per heavy atom. The van der Waals surface area contributed by atoms with Gasteiger partial charge in [-0.3, -0.25) is 4.79 Å². The molecule has 0 fully saturated rings. The van der Waals surface area contributed by atoms with E-state index < -0.39 is 0 Å². The summed E-state index contributed by atoms with van der Waals surface area (Å²) in [7, 11) is 1.56. The Balaban J connectivity index is 2.48. The summed E-state index contributed by atoms with van der Waals surface area (Å²) in [5, 5.41) is 0. The van der Waals surface area contributed by atoms with E-state index in [0.717, 1.165) is 17.4 Å². The van der Waals surface area contributed by atoms with E-state index in [1.807, 2.05) is 48.5 Å². The van der Waals surface area contributed by atoms with Crippen molar-refractivity contribution in [1.29, 1.82) is 0 Å². The fourth-order valence-electron chi connectivity index (χ4n) is 1.64. The Labute approximate surface area is 94.5 Å². The van der Waals surface area contributed by atoms with Gasteiger partial charge in [0.05, 0.1) is 12.7 Å². The highest BCUT2D eigenvalue weighted by Crippen LogP contribution is 2.25. The zero-order valence-electron chi connectivity index (χ0n) is 9.01. The molecule has 0 aliphatic heterocycles. The van der Waals surface area contributed by atoms with E-state index in [2.05, 4.69) is 0 Å². The highest BCUT2D eigenvalue weighted by molar-refractivity contribution is 5.82. The minimum absolute atomic E-state index is 0.573. The maximum Gasteiger partial charge on any atom is 0.153 e. The van der Waals surface area contributed by atoms with Crippen LogP contribution >= 0.6 is 0 Å². The molecule has 0 amide bonds. The quantitative estimate of drug-likeness (QED) is 0.730. The van der Waals surface area contributed by atoms with Gasteiger partial charge >= 0.3 is 0 Å². The molecule has 0 unspecified atom stereocenters. The summed E-state index contributed by atoms with van der Waals surface area (Å²) in [5.74, 6) is 0.606. The molecule has 2 aromatic rings. The lowest BCUT2D eigenvalue weighted by Crippen LogP contribution is -1.90. The minimum Gasteiger partial charge on any atom is -0.496 e. The molecule has 0 saturated carbocycles. The second-order valence-electron chi connectivity index (χ2n) is 3.44. The van der Waals surface area contributed by atoms with Gasteiger partial charge in [-0.25, -0.2) is 0 Å². The van der Waals surface area contributed by atoms with E-state index in [1.54, 1.807) is 7.11 Å². The average molecular weight is 212 g/mol. The van der Waals surface area contributed by atoms with E-state index in [-0.39, 0.29) is 0 Å². The molecule has 0 radical (unpaired) electrons. The average Bonchev–Trinajstić information content (AvgIpc) is 2.39. The molecule has 0 heterocycles. The van der Waals surface area contributed by atoms with Gasteiger partial charge in [-0.15, -0.1) is 0 Å². The van der Waals surface area contributed by atoms with Crippen molar-refractivity contribution in [3.63, 3.8) is 0 Å². The Hall–Kier alpha value is -2.09. The Morgan fingerprint density at radius 2 is 1.75 bits per heavy atom. The molecule has 2 aromatic carbocycles. The van der Waals surface area contributed by atoms with Gasteiger partial charge in [0.1, 0.15) is 5.75 Å². The van der Waals surface area contributed by atoms with Crippen LogP contribution in [0.1, 0.15) is 10.4 Å². The monoisotopic (exact) mass is 212 g/mol. The molecule has 0 aliphatic carbocycles. The summed E-state index contributed by atoms with van der Waals surface area (Å²) in [6, 6.07) is 15.5. The van der Waals surface area contributed by atoms with Crippen LogP contribution in [0, 0.1) is 0 Å². The lowest BCUT2D eigenvalue weighted by Gasteiger charge is -2.06. The van der Waals surface area contributed by atoms with Crippen molar-refractivity contribution in [3.8, 4) is 16.9 Å². The molecule has 2 rings (SSSR count). The van der Waals surface area contributed by atoms with Gasteiger partial charge in [0.2, 0.25) is 0 Å². The van der Waals surface area contributed by atoms with Crippen molar-refractivity contribution in [1.82, 2.24) is 0 Å². The summed E-state index contributed by atoms with van der Waals surface area (Å²) < 4.78 is 5.10. The van der Waals surface area contributed by atoms with Crippen molar-refractivity contribution < 1.29 is 9.53 Å². The summed E-state index contributed by atoms with van der Waals surface area (Å²) in [6.07, 6.45) is 0.811. The number of benzene rings is 2. The largest absolute Gasteiger partial charge is 0.496 e. The Bertz CT molecular complexity index is 489. The molecule has 80 valence electrons. The third kappa shape index (κ3) is 1.96. The molecule has 0 saturated heterocycles. The van der Waals surface area contributed by atoms with Crippen LogP contribution in [0.3, 0.4) is 0 Å².